The lowest BCUT2D eigenvalue weighted by molar-refractivity contribution is -0.144. The Hall–Kier alpha value is -0.0300. The molecule has 3 aliphatic rings. The highest BCUT2D eigenvalue weighted by Gasteiger charge is 2.44. The summed E-state index contributed by atoms with van der Waals surface area (Å²) in [6.45, 7) is 0. The quantitative estimate of drug-likeness (QED) is 0.767. The van der Waals surface area contributed by atoms with Crippen molar-refractivity contribution in [3.05, 3.63) is 0 Å². The number of carboxylic acid groups (broad SMARTS) is 1. The minimum absolute atomic E-state index is 0.0136. The Morgan fingerprint density at radius 2 is 1.80 bits per heavy atom. The number of hydrogen-bond donors (Lipinski definition) is 2. The highest BCUT2D eigenvalue weighted by Crippen LogP contribution is 2.38. The lowest BCUT2D eigenvalue weighted by atomic mass is 9.84. The van der Waals surface area contributed by atoms with Gasteiger partial charge < -0.3 is 9.84 Å². The first-order valence-corrected chi connectivity index (χ1v) is 8.32. The van der Waals surface area contributed by atoms with E-state index in [2.05, 4.69) is 5.32 Å². The van der Waals surface area contributed by atoms with Gasteiger partial charge in [0, 0.05) is 22.7 Å². The zero-order valence-corrected chi connectivity index (χ0v) is 12.8. The number of ether oxygens (including phenoxy) is 1. The van der Waals surface area contributed by atoms with Crippen LogP contribution < -0.4 is 5.32 Å². The van der Waals surface area contributed by atoms with Gasteiger partial charge in [0.2, 0.25) is 0 Å². The molecule has 4 nitrogen and oxygen atoms in total. The molecule has 0 aromatic heterocycles. The van der Waals surface area contributed by atoms with Gasteiger partial charge in [-0.15, -0.1) is 23.2 Å². The van der Waals surface area contributed by atoms with Crippen LogP contribution in [0.4, 0.5) is 0 Å². The largest absolute Gasteiger partial charge is 0.481 e. The summed E-state index contributed by atoms with van der Waals surface area (Å²) in [5, 5.41) is 12.9. The van der Waals surface area contributed by atoms with E-state index < -0.39 is 5.97 Å². The van der Waals surface area contributed by atoms with Crippen LogP contribution in [0.3, 0.4) is 0 Å². The normalized spacial score (nSPS) is 48.8. The van der Waals surface area contributed by atoms with Crippen LogP contribution in [-0.4, -0.2) is 40.2 Å². The smallest absolute Gasteiger partial charge is 0.306 e. The molecule has 2 N–H and O–H groups in total. The highest BCUT2D eigenvalue weighted by molar-refractivity contribution is 6.23. The van der Waals surface area contributed by atoms with Crippen LogP contribution in [0.5, 0.6) is 0 Å². The predicted octanol–water partition coefficient (Wildman–Crippen LogP) is 2.57. The van der Waals surface area contributed by atoms with Crippen molar-refractivity contribution < 1.29 is 14.6 Å². The molecule has 0 spiro atoms. The lowest BCUT2D eigenvalue weighted by Gasteiger charge is -2.32. The van der Waals surface area contributed by atoms with Gasteiger partial charge in [0.25, 0.3) is 0 Å². The summed E-state index contributed by atoms with van der Waals surface area (Å²) in [7, 11) is 0. The summed E-state index contributed by atoms with van der Waals surface area (Å²) >= 11 is 12.5. The van der Waals surface area contributed by atoms with Crippen molar-refractivity contribution in [2.75, 3.05) is 0 Å². The summed E-state index contributed by atoms with van der Waals surface area (Å²) < 4.78 is 6.09. The van der Waals surface area contributed by atoms with Crippen LogP contribution in [0.2, 0.25) is 0 Å². The van der Waals surface area contributed by atoms with Gasteiger partial charge in [-0.3, -0.25) is 10.1 Å². The van der Waals surface area contributed by atoms with Gasteiger partial charge >= 0.3 is 5.97 Å². The fraction of sp³-hybridized carbons (Fsp3) is 0.929. The highest BCUT2D eigenvalue weighted by atomic mass is 35.5. The molecule has 6 atom stereocenters. The molecule has 20 heavy (non-hydrogen) atoms. The van der Waals surface area contributed by atoms with E-state index in [1.165, 1.54) is 0 Å². The van der Waals surface area contributed by atoms with E-state index in [0.29, 0.717) is 18.4 Å². The van der Waals surface area contributed by atoms with Crippen molar-refractivity contribution in [3.8, 4) is 0 Å². The second kappa shape index (κ2) is 5.99. The molecule has 2 aliphatic carbocycles. The Bertz CT molecular complexity index is 371. The first-order chi connectivity index (χ1) is 9.52. The van der Waals surface area contributed by atoms with E-state index in [-0.39, 0.29) is 29.0 Å². The third-order valence-electron chi connectivity index (χ3n) is 4.90. The molecular weight excluding hydrogens is 301 g/mol. The van der Waals surface area contributed by atoms with Crippen LogP contribution >= 0.6 is 23.2 Å². The van der Waals surface area contributed by atoms with Crippen molar-refractivity contribution in [2.24, 2.45) is 11.8 Å². The van der Waals surface area contributed by atoms with Crippen molar-refractivity contribution in [1.29, 1.82) is 0 Å². The number of fused-ring (bicyclic) bond motifs is 1. The molecule has 2 saturated carbocycles. The number of carboxylic acids is 1. The van der Waals surface area contributed by atoms with Gasteiger partial charge in [0.1, 0.15) is 6.23 Å². The number of rotatable bonds is 2. The summed E-state index contributed by atoms with van der Waals surface area (Å²) in [5.74, 6) is -0.623. The van der Waals surface area contributed by atoms with E-state index in [1.807, 2.05) is 0 Å². The average Bonchev–Trinajstić information content (AvgIpc) is 2.80. The van der Waals surface area contributed by atoms with Crippen molar-refractivity contribution in [2.45, 2.75) is 67.7 Å². The second-order valence-electron chi connectivity index (χ2n) is 6.38. The van der Waals surface area contributed by atoms with Crippen LogP contribution in [-0.2, 0) is 9.53 Å². The molecule has 6 unspecified atom stereocenters. The van der Waals surface area contributed by atoms with E-state index in [0.717, 1.165) is 32.1 Å². The maximum Gasteiger partial charge on any atom is 0.306 e. The van der Waals surface area contributed by atoms with Crippen LogP contribution in [0.25, 0.3) is 0 Å². The van der Waals surface area contributed by atoms with Gasteiger partial charge in [-0.2, -0.15) is 0 Å². The number of nitrogens with one attached hydrogen (secondary N) is 1. The fourth-order valence-corrected chi connectivity index (χ4v) is 4.83. The molecular formula is C14H21Cl2NO3. The summed E-state index contributed by atoms with van der Waals surface area (Å²) in [4.78, 5) is 11.1. The Morgan fingerprint density at radius 3 is 2.45 bits per heavy atom. The summed E-state index contributed by atoms with van der Waals surface area (Å²) in [6.07, 6.45) is 4.94. The monoisotopic (exact) mass is 321 g/mol. The summed E-state index contributed by atoms with van der Waals surface area (Å²) in [5.41, 5.74) is 0. The molecule has 0 bridgehead atoms. The molecule has 3 rings (SSSR count). The molecule has 0 radical (unpaired) electrons. The topological polar surface area (TPSA) is 58.6 Å². The average molecular weight is 322 g/mol. The fourth-order valence-electron chi connectivity index (χ4n) is 3.85. The second-order valence-corrected chi connectivity index (χ2v) is 7.61. The molecule has 1 saturated heterocycles. The Morgan fingerprint density at radius 1 is 1.10 bits per heavy atom. The minimum Gasteiger partial charge on any atom is -0.481 e. The zero-order valence-electron chi connectivity index (χ0n) is 11.3. The Labute approximate surface area is 129 Å². The number of aliphatic carboxylic acids is 1. The first-order valence-electron chi connectivity index (χ1n) is 7.45. The van der Waals surface area contributed by atoms with Gasteiger partial charge in [0.15, 0.2) is 0 Å². The van der Waals surface area contributed by atoms with Gasteiger partial charge in [-0.05, 0) is 38.5 Å². The lowest BCUT2D eigenvalue weighted by Crippen LogP contribution is -2.42. The minimum atomic E-state index is -0.699. The SMILES string of the molecule is O=C(O)C1CCC2NC(C3CC(Cl)CC(Cl)C3)OC2C1. The number of halogens is 2. The molecule has 6 heteroatoms. The molecule has 1 heterocycles. The van der Waals surface area contributed by atoms with Crippen molar-refractivity contribution in [1.82, 2.24) is 5.32 Å². The van der Waals surface area contributed by atoms with E-state index >= 15 is 0 Å². The van der Waals surface area contributed by atoms with Crippen LogP contribution in [0, 0.1) is 11.8 Å². The standard InChI is InChI=1S/C14H21Cl2NO3/c15-9-3-8(4-10(16)6-9)13-17-11-2-1-7(14(18)19)5-12(11)20-13/h7-13,17H,1-6H2,(H,18,19). The van der Waals surface area contributed by atoms with Gasteiger partial charge in [-0.1, -0.05) is 0 Å². The maximum absolute atomic E-state index is 11.1. The van der Waals surface area contributed by atoms with Crippen LogP contribution in [0.1, 0.15) is 38.5 Å². The molecule has 0 aromatic rings. The first kappa shape index (κ1) is 14.9. The molecule has 0 amide bonds. The van der Waals surface area contributed by atoms with Gasteiger partial charge in [-0.25, -0.2) is 0 Å². The predicted molar refractivity (Wildman–Crippen MR) is 77.2 cm³/mol. The maximum atomic E-state index is 11.1. The molecule has 1 aliphatic heterocycles. The Kier molecular flexibility index (Phi) is 4.46. The molecule has 3 fully saturated rings. The van der Waals surface area contributed by atoms with E-state index in [4.69, 9.17) is 33.0 Å². The van der Waals surface area contributed by atoms with Gasteiger partial charge in [0.05, 0.1) is 12.0 Å². The van der Waals surface area contributed by atoms with E-state index in [1.54, 1.807) is 0 Å². The number of hydrogen-bond acceptors (Lipinski definition) is 3. The van der Waals surface area contributed by atoms with Crippen molar-refractivity contribution in [3.63, 3.8) is 0 Å². The number of carbonyl (C=O) groups is 1. The third-order valence-corrected chi connectivity index (χ3v) is 5.61. The summed E-state index contributed by atoms with van der Waals surface area (Å²) in [6, 6.07) is 0.292. The third kappa shape index (κ3) is 3.08. The number of alkyl halides is 2. The zero-order chi connectivity index (χ0) is 14.3. The Balaban J connectivity index is 1.60. The van der Waals surface area contributed by atoms with Crippen LogP contribution in [0.15, 0.2) is 0 Å². The molecule has 114 valence electrons. The van der Waals surface area contributed by atoms with Crippen molar-refractivity contribution >= 4 is 29.2 Å². The van der Waals surface area contributed by atoms with E-state index in [9.17, 15) is 4.79 Å². The molecule has 0 aromatic carbocycles.